The van der Waals surface area contributed by atoms with Crippen LogP contribution < -0.4 is 11.1 Å². The van der Waals surface area contributed by atoms with E-state index in [-0.39, 0.29) is 17.2 Å². The molecule has 1 amide bonds. The number of amides is 1. The summed E-state index contributed by atoms with van der Waals surface area (Å²) in [6, 6.07) is 28.6. The number of carbonyl (C=O) groups excluding carboxylic acids is 2. The summed E-state index contributed by atoms with van der Waals surface area (Å²) in [5, 5.41) is 1.81. The van der Waals surface area contributed by atoms with Crippen molar-refractivity contribution in [1.82, 2.24) is 15.1 Å². The Labute approximate surface area is 287 Å². The van der Waals surface area contributed by atoms with Crippen molar-refractivity contribution in [2.24, 2.45) is 5.73 Å². The molecule has 0 radical (unpaired) electrons. The maximum absolute atomic E-state index is 12.7. The van der Waals surface area contributed by atoms with E-state index in [0.29, 0.717) is 19.1 Å². The van der Waals surface area contributed by atoms with Crippen LogP contribution in [0.2, 0.25) is 0 Å². The first-order valence-electron chi connectivity index (χ1n) is 14.9. The zero-order valence-corrected chi connectivity index (χ0v) is 28.2. The fraction of sp³-hybridized carbons (Fsp3) is 0.278. The smallest absolute Gasteiger partial charge is 0.350 e. The first-order chi connectivity index (χ1) is 22.9. The van der Waals surface area contributed by atoms with Gasteiger partial charge in [-0.15, -0.1) is 0 Å². The van der Waals surface area contributed by atoms with Gasteiger partial charge in [0.15, 0.2) is 0 Å². The molecule has 4 aromatic rings. The van der Waals surface area contributed by atoms with Gasteiger partial charge in [-0.25, -0.2) is 0 Å². The molecular weight excluding hydrogens is 670 g/mol. The summed E-state index contributed by atoms with van der Waals surface area (Å²) in [5.41, 5.74) is 6.10. The molecule has 0 bridgehead atoms. The Morgan fingerprint density at radius 2 is 1.06 bits per heavy atom. The number of hydrogen-bond acceptors (Lipinski definition) is 5. The first kappa shape index (κ1) is 40.9. The van der Waals surface area contributed by atoms with Crippen LogP contribution in [0.25, 0.3) is 0 Å². The van der Waals surface area contributed by atoms with Crippen molar-refractivity contribution in [3.8, 4) is 0 Å². The SMILES string of the molecule is CN(C)C(CN)c1ccccc1.CN(C)C(CNC(=O)c1cccc(C(F)(F)F)c1)c1ccccc1.O=C(Cl)c1cccc(C(F)(F)F)c1. The number of hydrogen-bond donors (Lipinski definition) is 2. The normalized spacial score (nSPS) is 12.6. The summed E-state index contributed by atoms with van der Waals surface area (Å²) in [6.07, 6.45) is -8.91. The van der Waals surface area contributed by atoms with Gasteiger partial charge in [-0.3, -0.25) is 9.59 Å². The number of likely N-dealkylation sites (N-methyl/N-ethyl adjacent to an activating group) is 2. The van der Waals surface area contributed by atoms with Crippen LogP contribution in [0.15, 0.2) is 109 Å². The quantitative estimate of drug-likeness (QED) is 0.136. The molecule has 13 heteroatoms. The summed E-state index contributed by atoms with van der Waals surface area (Å²) in [4.78, 5) is 26.8. The molecule has 4 rings (SSSR count). The number of nitrogens with zero attached hydrogens (tertiary/aromatic N) is 2. The van der Waals surface area contributed by atoms with Gasteiger partial charge in [0, 0.05) is 30.3 Å². The second-order valence-corrected chi connectivity index (χ2v) is 11.5. The molecule has 0 aliphatic rings. The summed E-state index contributed by atoms with van der Waals surface area (Å²) < 4.78 is 74.4. The number of carbonyl (C=O) groups is 2. The van der Waals surface area contributed by atoms with E-state index < -0.39 is 34.6 Å². The minimum absolute atomic E-state index is 0.00427. The van der Waals surface area contributed by atoms with E-state index in [9.17, 15) is 35.9 Å². The Balaban J connectivity index is 0.000000281. The molecule has 3 N–H and O–H groups in total. The maximum atomic E-state index is 12.7. The lowest BCUT2D eigenvalue weighted by Crippen LogP contribution is -2.34. The van der Waals surface area contributed by atoms with E-state index in [1.807, 2.05) is 81.6 Å². The van der Waals surface area contributed by atoms with Gasteiger partial charge in [-0.05, 0) is 81.3 Å². The Morgan fingerprint density at radius 1 is 0.653 bits per heavy atom. The fourth-order valence-electron chi connectivity index (χ4n) is 4.54. The predicted molar refractivity (Wildman–Crippen MR) is 180 cm³/mol. The molecule has 2 atom stereocenters. The fourth-order valence-corrected chi connectivity index (χ4v) is 4.66. The monoisotopic (exact) mass is 708 g/mol. The Kier molecular flexibility index (Phi) is 15.9. The second kappa shape index (κ2) is 19.1. The van der Waals surface area contributed by atoms with Gasteiger partial charge in [-0.2, -0.15) is 26.3 Å². The minimum atomic E-state index is -4.47. The highest BCUT2D eigenvalue weighted by molar-refractivity contribution is 6.67. The molecule has 0 saturated carbocycles. The molecule has 0 saturated heterocycles. The van der Waals surface area contributed by atoms with Gasteiger partial charge in [0.2, 0.25) is 0 Å². The predicted octanol–water partition coefficient (Wildman–Crippen LogP) is 8.07. The van der Waals surface area contributed by atoms with Crippen LogP contribution in [-0.2, 0) is 12.4 Å². The van der Waals surface area contributed by atoms with Crippen molar-refractivity contribution < 1.29 is 35.9 Å². The Hall–Kier alpha value is -4.23. The standard InChI is InChI=1S/C18H19F3N2O.C10H16N2.C8H4ClF3O/c1-23(2)16(13-7-4-3-5-8-13)12-22-17(24)14-9-6-10-15(11-14)18(19,20)21;1-12(2)10(8-11)9-6-4-3-5-7-9;9-7(13)5-2-1-3-6(4-5)8(10,11)12/h3-11,16H,12H2,1-2H3,(H,22,24);3-7,10H,8,11H2,1-2H3;1-4H. The highest BCUT2D eigenvalue weighted by Crippen LogP contribution is 2.30. The van der Waals surface area contributed by atoms with Crippen molar-refractivity contribution in [3.63, 3.8) is 0 Å². The lowest BCUT2D eigenvalue weighted by Gasteiger charge is -2.25. The number of alkyl halides is 6. The van der Waals surface area contributed by atoms with Gasteiger partial charge < -0.3 is 20.9 Å². The van der Waals surface area contributed by atoms with Crippen molar-refractivity contribution in [1.29, 1.82) is 0 Å². The molecule has 264 valence electrons. The molecule has 0 aliphatic carbocycles. The van der Waals surface area contributed by atoms with Crippen molar-refractivity contribution in [3.05, 3.63) is 143 Å². The van der Waals surface area contributed by atoms with Crippen LogP contribution in [0.1, 0.15) is 55.1 Å². The minimum Gasteiger partial charge on any atom is -0.350 e. The maximum Gasteiger partial charge on any atom is 0.416 e. The summed E-state index contributed by atoms with van der Waals surface area (Å²) in [7, 11) is 7.86. The summed E-state index contributed by atoms with van der Waals surface area (Å²) in [5.74, 6) is -0.524. The Morgan fingerprint density at radius 3 is 1.45 bits per heavy atom. The third kappa shape index (κ3) is 13.7. The van der Waals surface area contributed by atoms with Crippen LogP contribution in [-0.4, -0.2) is 62.2 Å². The van der Waals surface area contributed by atoms with Crippen LogP contribution in [0, 0.1) is 0 Å². The lowest BCUT2D eigenvalue weighted by atomic mass is 10.1. The zero-order chi connectivity index (χ0) is 36.8. The van der Waals surface area contributed by atoms with Crippen molar-refractivity contribution in [2.45, 2.75) is 24.4 Å². The van der Waals surface area contributed by atoms with E-state index in [1.165, 1.54) is 23.8 Å². The lowest BCUT2D eigenvalue weighted by molar-refractivity contribution is -0.138. The van der Waals surface area contributed by atoms with Crippen molar-refractivity contribution >= 4 is 22.8 Å². The highest BCUT2D eigenvalue weighted by Gasteiger charge is 2.31. The number of benzene rings is 4. The molecule has 0 fully saturated rings. The molecule has 2 unspecified atom stereocenters. The van der Waals surface area contributed by atoms with E-state index in [0.717, 1.165) is 35.9 Å². The number of nitrogens with one attached hydrogen (secondary N) is 1. The van der Waals surface area contributed by atoms with Gasteiger partial charge in [0.05, 0.1) is 17.2 Å². The molecule has 6 nitrogen and oxygen atoms in total. The first-order valence-corrected chi connectivity index (χ1v) is 15.3. The Bertz CT molecular complexity index is 1600. The summed E-state index contributed by atoms with van der Waals surface area (Å²) in [6.45, 7) is 0.961. The third-order valence-corrected chi connectivity index (χ3v) is 7.38. The number of nitrogens with two attached hydrogens (primary N) is 1. The average molecular weight is 709 g/mol. The molecule has 0 heterocycles. The average Bonchev–Trinajstić information content (AvgIpc) is 3.06. The molecule has 0 aromatic heterocycles. The zero-order valence-electron chi connectivity index (χ0n) is 27.4. The van der Waals surface area contributed by atoms with Crippen LogP contribution >= 0.6 is 11.6 Å². The topological polar surface area (TPSA) is 78.7 Å². The largest absolute Gasteiger partial charge is 0.416 e. The van der Waals surface area contributed by atoms with Crippen LogP contribution in [0.3, 0.4) is 0 Å². The van der Waals surface area contributed by atoms with E-state index in [2.05, 4.69) is 22.3 Å². The van der Waals surface area contributed by atoms with E-state index in [4.69, 9.17) is 17.3 Å². The summed E-state index contributed by atoms with van der Waals surface area (Å²) >= 11 is 5.02. The van der Waals surface area contributed by atoms with Crippen molar-refractivity contribution in [2.75, 3.05) is 41.3 Å². The van der Waals surface area contributed by atoms with E-state index in [1.54, 1.807) is 0 Å². The molecule has 4 aromatic carbocycles. The van der Waals surface area contributed by atoms with Gasteiger partial charge >= 0.3 is 12.4 Å². The van der Waals surface area contributed by atoms with Gasteiger partial charge in [0.25, 0.3) is 11.1 Å². The molecule has 0 spiro atoms. The van der Waals surface area contributed by atoms with Gasteiger partial charge in [-0.1, -0.05) is 78.9 Å². The van der Waals surface area contributed by atoms with Crippen LogP contribution in [0.5, 0.6) is 0 Å². The van der Waals surface area contributed by atoms with Crippen LogP contribution in [0.4, 0.5) is 26.3 Å². The number of rotatable bonds is 9. The molecule has 0 aliphatic heterocycles. The third-order valence-electron chi connectivity index (χ3n) is 7.16. The number of halogens is 7. The molecule has 49 heavy (non-hydrogen) atoms. The molecular formula is C36H39ClF6N4O2. The van der Waals surface area contributed by atoms with Gasteiger partial charge in [0.1, 0.15) is 0 Å². The highest BCUT2D eigenvalue weighted by atomic mass is 35.5. The second-order valence-electron chi connectivity index (χ2n) is 11.2. The van der Waals surface area contributed by atoms with E-state index >= 15 is 0 Å².